The molecule has 1 aromatic carbocycles. The highest BCUT2D eigenvalue weighted by Crippen LogP contribution is 2.25. The van der Waals surface area contributed by atoms with Crippen molar-refractivity contribution < 1.29 is 14.7 Å². The number of carbonyl (C=O) groups excluding carboxylic acids is 1. The molecule has 0 unspecified atom stereocenters. The van der Waals surface area contributed by atoms with Crippen LogP contribution in [0.25, 0.3) is 0 Å². The van der Waals surface area contributed by atoms with E-state index in [1.165, 1.54) is 6.07 Å². The van der Waals surface area contributed by atoms with Gasteiger partial charge in [0.25, 0.3) is 0 Å². The summed E-state index contributed by atoms with van der Waals surface area (Å²) in [5.74, 6) is -1.86. The van der Waals surface area contributed by atoms with Crippen molar-refractivity contribution in [1.29, 1.82) is 0 Å². The summed E-state index contributed by atoms with van der Waals surface area (Å²) >= 11 is 11.1. The summed E-state index contributed by atoms with van der Waals surface area (Å²) in [6, 6.07) is 2.85. The summed E-state index contributed by atoms with van der Waals surface area (Å²) in [7, 11) is 0. The number of carboxylic acid groups (broad SMARTS) is 1. The summed E-state index contributed by atoms with van der Waals surface area (Å²) in [5.41, 5.74) is 0.745. The SMILES string of the molecule is Cc1cc(Cl)cc(C(=O)O)c1NC(=O)CCl. The van der Waals surface area contributed by atoms with Gasteiger partial charge in [-0.2, -0.15) is 0 Å². The Morgan fingerprint density at radius 2 is 2.06 bits per heavy atom. The van der Waals surface area contributed by atoms with Crippen LogP contribution in [0.4, 0.5) is 5.69 Å². The lowest BCUT2D eigenvalue weighted by atomic mass is 10.1. The van der Waals surface area contributed by atoms with Crippen LogP contribution in [0.1, 0.15) is 15.9 Å². The second kappa shape index (κ2) is 5.18. The van der Waals surface area contributed by atoms with Crippen LogP contribution in [0.15, 0.2) is 12.1 Å². The van der Waals surface area contributed by atoms with Crippen LogP contribution >= 0.6 is 23.2 Å². The fraction of sp³-hybridized carbons (Fsp3) is 0.200. The molecule has 0 aromatic heterocycles. The highest BCUT2D eigenvalue weighted by Gasteiger charge is 2.15. The predicted molar refractivity (Wildman–Crippen MR) is 62.5 cm³/mol. The molecule has 0 spiro atoms. The lowest BCUT2D eigenvalue weighted by Gasteiger charge is -2.11. The van der Waals surface area contributed by atoms with Crippen molar-refractivity contribution in [1.82, 2.24) is 0 Å². The highest BCUT2D eigenvalue weighted by molar-refractivity contribution is 6.31. The van der Waals surface area contributed by atoms with Crippen molar-refractivity contribution in [3.63, 3.8) is 0 Å². The molecule has 0 atom stereocenters. The number of carboxylic acids is 1. The molecule has 1 amide bonds. The van der Waals surface area contributed by atoms with E-state index in [1.807, 2.05) is 0 Å². The van der Waals surface area contributed by atoms with Gasteiger partial charge in [0.2, 0.25) is 5.91 Å². The zero-order chi connectivity index (χ0) is 12.3. The van der Waals surface area contributed by atoms with Crippen LogP contribution in [0.5, 0.6) is 0 Å². The van der Waals surface area contributed by atoms with Gasteiger partial charge >= 0.3 is 5.97 Å². The first-order valence-corrected chi connectivity index (χ1v) is 5.26. The number of carbonyl (C=O) groups is 2. The number of aromatic carboxylic acids is 1. The maximum Gasteiger partial charge on any atom is 0.337 e. The quantitative estimate of drug-likeness (QED) is 0.822. The van der Waals surface area contributed by atoms with E-state index in [0.29, 0.717) is 10.6 Å². The van der Waals surface area contributed by atoms with Gasteiger partial charge in [-0.15, -0.1) is 11.6 Å². The Morgan fingerprint density at radius 3 is 2.56 bits per heavy atom. The number of amides is 1. The molecule has 1 rings (SSSR count). The number of rotatable bonds is 3. The molecule has 0 saturated heterocycles. The zero-order valence-electron chi connectivity index (χ0n) is 8.38. The Labute approximate surface area is 102 Å². The van der Waals surface area contributed by atoms with E-state index >= 15 is 0 Å². The smallest absolute Gasteiger partial charge is 0.337 e. The van der Waals surface area contributed by atoms with Crippen molar-refractivity contribution >= 4 is 40.8 Å². The van der Waals surface area contributed by atoms with E-state index in [9.17, 15) is 9.59 Å². The molecule has 0 aliphatic rings. The molecule has 0 fully saturated rings. The van der Waals surface area contributed by atoms with E-state index in [4.69, 9.17) is 28.3 Å². The molecule has 0 radical (unpaired) electrons. The molecule has 6 heteroatoms. The maximum absolute atomic E-state index is 11.1. The minimum atomic E-state index is -1.16. The van der Waals surface area contributed by atoms with E-state index in [2.05, 4.69) is 5.32 Å². The molecule has 86 valence electrons. The van der Waals surface area contributed by atoms with Crippen LogP contribution in [0, 0.1) is 6.92 Å². The van der Waals surface area contributed by atoms with Crippen LogP contribution < -0.4 is 5.32 Å². The van der Waals surface area contributed by atoms with Gasteiger partial charge < -0.3 is 10.4 Å². The summed E-state index contributed by atoms with van der Waals surface area (Å²) in [6.07, 6.45) is 0. The standard InChI is InChI=1S/C10H9Cl2NO3/c1-5-2-6(12)3-7(10(15)16)9(5)13-8(14)4-11/h2-3H,4H2,1H3,(H,13,14)(H,15,16). The molecule has 0 heterocycles. The molecular formula is C10H9Cl2NO3. The zero-order valence-corrected chi connectivity index (χ0v) is 9.89. The molecule has 0 aliphatic heterocycles. The first kappa shape index (κ1) is 12.8. The van der Waals surface area contributed by atoms with E-state index in [-0.39, 0.29) is 17.1 Å². The first-order chi connectivity index (χ1) is 7.45. The first-order valence-electron chi connectivity index (χ1n) is 4.35. The molecule has 1 aromatic rings. The predicted octanol–water partition coefficient (Wildman–Crippen LogP) is 2.52. The normalized spacial score (nSPS) is 9.94. The number of hydrogen-bond donors (Lipinski definition) is 2. The van der Waals surface area contributed by atoms with Crippen molar-refractivity contribution in [2.75, 3.05) is 11.2 Å². The van der Waals surface area contributed by atoms with Gasteiger partial charge in [0.1, 0.15) is 5.88 Å². The Bertz CT molecular complexity index is 446. The molecule has 0 saturated carbocycles. The molecule has 0 bridgehead atoms. The van der Waals surface area contributed by atoms with E-state index in [0.717, 1.165) is 0 Å². The van der Waals surface area contributed by atoms with Crippen LogP contribution in [0.3, 0.4) is 0 Å². The average Bonchev–Trinajstić information content (AvgIpc) is 2.20. The number of halogens is 2. The monoisotopic (exact) mass is 261 g/mol. The number of alkyl halides is 1. The average molecular weight is 262 g/mol. The Morgan fingerprint density at radius 1 is 1.44 bits per heavy atom. The van der Waals surface area contributed by atoms with Crippen LogP contribution in [0.2, 0.25) is 5.02 Å². The van der Waals surface area contributed by atoms with Gasteiger partial charge in [0.05, 0.1) is 11.3 Å². The summed E-state index contributed by atoms with van der Waals surface area (Å²) in [4.78, 5) is 22.1. The maximum atomic E-state index is 11.1. The van der Waals surface area contributed by atoms with Crippen molar-refractivity contribution in [2.24, 2.45) is 0 Å². The summed E-state index contributed by atoms with van der Waals surface area (Å²) in [6.45, 7) is 1.65. The number of hydrogen-bond acceptors (Lipinski definition) is 2. The third-order valence-corrected chi connectivity index (χ3v) is 2.38. The third kappa shape index (κ3) is 2.87. The molecule has 16 heavy (non-hydrogen) atoms. The summed E-state index contributed by atoms with van der Waals surface area (Å²) in [5, 5.41) is 11.7. The van der Waals surface area contributed by atoms with E-state index < -0.39 is 11.9 Å². The Kier molecular flexibility index (Phi) is 4.15. The van der Waals surface area contributed by atoms with E-state index in [1.54, 1.807) is 13.0 Å². The summed E-state index contributed by atoms with van der Waals surface area (Å²) < 4.78 is 0. The molecule has 2 N–H and O–H groups in total. The molecule has 0 aliphatic carbocycles. The van der Waals surface area contributed by atoms with Gasteiger partial charge in [0, 0.05) is 5.02 Å². The topological polar surface area (TPSA) is 66.4 Å². The lowest BCUT2D eigenvalue weighted by Crippen LogP contribution is -2.16. The molecular weight excluding hydrogens is 253 g/mol. The Hall–Kier alpha value is -1.26. The minimum absolute atomic E-state index is 0.0523. The van der Waals surface area contributed by atoms with Gasteiger partial charge in [-0.3, -0.25) is 4.79 Å². The van der Waals surface area contributed by atoms with Crippen LogP contribution in [-0.2, 0) is 4.79 Å². The fourth-order valence-electron chi connectivity index (χ4n) is 1.25. The second-order valence-electron chi connectivity index (χ2n) is 3.13. The highest BCUT2D eigenvalue weighted by atomic mass is 35.5. The van der Waals surface area contributed by atoms with Crippen molar-refractivity contribution in [2.45, 2.75) is 6.92 Å². The van der Waals surface area contributed by atoms with Crippen LogP contribution in [-0.4, -0.2) is 22.9 Å². The fourth-order valence-corrected chi connectivity index (χ4v) is 1.59. The third-order valence-electron chi connectivity index (χ3n) is 1.92. The van der Waals surface area contributed by atoms with Crippen molar-refractivity contribution in [3.05, 3.63) is 28.3 Å². The van der Waals surface area contributed by atoms with Gasteiger partial charge in [-0.05, 0) is 24.6 Å². The number of aryl methyl sites for hydroxylation is 1. The molecule has 4 nitrogen and oxygen atoms in total. The lowest BCUT2D eigenvalue weighted by molar-refractivity contribution is -0.113. The van der Waals surface area contributed by atoms with Gasteiger partial charge in [-0.1, -0.05) is 11.6 Å². The van der Waals surface area contributed by atoms with Gasteiger partial charge in [-0.25, -0.2) is 4.79 Å². The Balaban J connectivity index is 3.24. The van der Waals surface area contributed by atoms with Gasteiger partial charge in [0.15, 0.2) is 0 Å². The second-order valence-corrected chi connectivity index (χ2v) is 3.84. The largest absolute Gasteiger partial charge is 0.478 e. The number of benzene rings is 1. The number of anilines is 1. The van der Waals surface area contributed by atoms with Crippen molar-refractivity contribution in [3.8, 4) is 0 Å². The number of nitrogens with one attached hydrogen (secondary N) is 1. The minimum Gasteiger partial charge on any atom is -0.478 e.